The summed E-state index contributed by atoms with van der Waals surface area (Å²) in [7, 11) is 1.87. The van der Waals surface area contributed by atoms with Crippen molar-refractivity contribution < 1.29 is 0 Å². The summed E-state index contributed by atoms with van der Waals surface area (Å²) in [4.78, 5) is 8.68. The molecule has 3 aromatic heterocycles. The predicted octanol–water partition coefficient (Wildman–Crippen LogP) is 1.81. The molecule has 0 atom stereocenters. The van der Waals surface area contributed by atoms with E-state index in [1.807, 2.05) is 30.8 Å². The normalized spacial score (nSPS) is 11.3. The molecule has 3 heterocycles. The molecule has 0 aliphatic heterocycles. The van der Waals surface area contributed by atoms with Crippen molar-refractivity contribution in [2.24, 2.45) is 7.05 Å². The number of aromatic nitrogens is 5. The van der Waals surface area contributed by atoms with Crippen molar-refractivity contribution in [1.82, 2.24) is 24.3 Å². The number of imidazole rings is 1. The molecule has 0 amide bonds. The number of nitrogens with two attached hydrogens (primary N) is 1. The number of fused-ring (bicyclic) bond motifs is 1. The molecule has 0 saturated heterocycles. The zero-order valence-electron chi connectivity index (χ0n) is 9.92. The Bertz CT molecular complexity index is 741. The summed E-state index contributed by atoms with van der Waals surface area (Å²) in [5.74, 6) is 0.409. The van der Waals surface area contributed by atoms with E-state index in [9.17, 15) is 0 Å². The Hall–Kier alpha value is -1.89. The standard InChI is InChI=1S/C11H11BrN6/c1-6-9(5-17(2)16-6)18-10-8(15-11(18)13)3-7(12)4-14-10/h3-5H,1-2H3,(H2,13,15). The predicted molar refractivity (Wildman–Crippen MR) is 72.5 cm³/mol. The van der Waals surface area contributed by atoms with Crippen LogP contribution in [-0.2, 0) is 7.05 Å². The van der Waals surface area contributed by atoms with Crippen LogP contribution in [0.1, 0.15) is 5.69 Å². The molecule has 0 bridgehead atoms. The van der Waals surface area contributed by atoms with Crippen LogP contribution >= 0.6 is 15.9 Å². The van der Waals surface area contributed by atoms with Crippen molar-refractivity contribution in [3.05, 3.63) is 28.6 Å². The van der Waals surface area contributed by atoms with Gasteiger partial charge in [0.25, 0.3) is 0 Å². The minimum absolute atomic E-state index is 0.409. The Morgan fingerprint density at radius 2 is 2.17 bits per heavy atom. The van der Waals surface area contributed by atoms with Crippen LogP contribution in [0.15, 0.2) is 22.9 Å². The number of aryl methyl sites for hydroxylation is 2. The number of rotatable bonds is 1. The van der Waals surface area contributed by atoms with Crippen molar-refractivity contribution in [3.63, 3.8) is 0 Å². The maximum atomic E-state index is 5.97. The first-order valence-electron chi connectivity index (χ1n) is 5.36. The van der Waals surface area contributed by atoms with Crippen molar-refractivity contribution in [3.8, 4) is 5.69 Å². The van der Waals surface area contributed by atoms with E-state index in [2.05, 4.69) is 31.0 Å². The summed E-state index contributed by atoms with van der Waals surface area (Å²) in [5, 5.41) is 4.31. The monoisotopic (exact) mass is 306 g/mol. The van der Waals surface area contributed by atoms with Crippen LogP contribution < -0.4 is 5.73 Å². The Morgan fingerprint density at radius 3 is 2.83 bits per heavy atom. The lowest BCUT2D eigenvalue weighted by atomic mass is 10.4. The van der Waals surface area contributed by atoms with Gasteiger partial charge in [-0.1, -0.05) is 0 Å². The zero-order valence-corrected chi connectivity index (χ0v) is 11.5. The lowest BCUT2D eigenvalue weighted by Gasteiger charge is -2.03. The third-order valence-corrected chi connectivity index (χ3v) is 3.15. The van der Waals surface area contributed by atoms with Crippen molar-refractivity contribution >= 4 is 33.0 Å². The van der Waals surface area contributed by atoms with Gasteiger partial charge in [0.15, 0.2) is 5.65 Å². The Kier molecular flexibility index (Phi) is 2.37. The Balaban J connectivity index is 2.35. The van der Waals surface area contributed by atoms with E-state index in [4.69, 9.17) is 5.73 Å². The summed E-state index contributed by atoms with van der Waals surface area (Å²) in [6, 6.07) is 1.89. The van der Waals surface area contributed by atoms with Crippen LogP contribution in [0.5, 0.6) is 0 Å². The highest BCUT2D eigenvalue weighted by Crippen LogP contribution is 2.24. The first-order valence-corrected chi connectivity index (χ1v) is 6.15. The molecule has 92 valence electrons. The highest BCUT2D eigenvalue weighted by molar-refractivity contribution is 9.10. The summed E-state index contributed by atoms with van der Waals surface area (Å²) >= 11 is 3.37. The number of hydrogen-bond donors (Lipinski definition) is 1. The van der Waals surface area contributed by atoms with Gasteiger partial charge >= 0.3 is 0 Å². The molecule has 0 saturated carbocycles. The van der Waals surface area contributed by atoms with Gasteiger partial charge in [0.2, 0.25) is 5.95 Å². The van der Waals surface area contributed by atoms with E-state index < -0.39 is 0 Å². The number of hydrogen-bond acceptors (Lipinski definition) is 4. The maximum absolute atomic E-state index is 5.97. The van der Waals surface area contributed by atoms with Crippen molar-refractivity contribution in [1.29, 1.82) is 0 Å². The maximum Gasteiger partial charge on any atom is 0.207 e. The van der Waals surface area contributed by atoms with Crippen LogP contribution in [-0.4, -0.2) is 24.3 Å². The van der Waals surface area contributed by atoms with Gasteiger partial charge in [0.05, 0.1) is 11.4 Å². The van der Waals surface area contributed by atoms with Crippen LogP contribution in [0.2, 0.25) is 0 Å². The number of nitrogens with zero attached hydrogens (tertiary/aromatic N) is 5. The molecular weight excluding hydrogens is 296 g/mol. The molecule has 2 N–H and O–H groups in total. The molecule has 3 rings (SSSR count). The fraction of sp³-hybridized carbons (Fsp3) is 0.182. The largest absolute Gasteiger partial charge is 0.369 e. The van der Waals surface area contributed by atoms with E-state index >= 15 is 0 Å². The molecule has 0 aliphatic carbocycles. The zero-order chi connectivity index (χ0) is 12.9. The lowest BCUT2D eigenvalue weighted by molar-refractivity contribution is 0.756. The Morgan fingerprint density at radius 1 is 1.39 bits per heavy atom. The van der Waals surface area contributed by atoms with E-state index in [0.717, 1.165) is 27.0 Å². The summed E-state index contributed by atoms with van der Waals surface area (Å²) < 4.78 is 4.43. The second-order valence-electron chi connectivity index (χ2n) is 4.08. The van der Waals surface area contributed by atoms with Gasteiger partial charge < -0.3 is 5.73 Å². The van der Waals surface area contributed by atoms with Gasteiger partial charge in [-0.2, -0.15) is 5.10 Å². The highest BCUT2D eigenvalue weighted by Gasteiger charge is 2.15. The molecule has 3 aromatic rings. The van der Waals surface area contributed by atoms with Gasteiger partial charge in [-0.3, -0.25) is 9.25 Å². The topological polar surface area (TPSA) is 74.5 Å². The summed E-state index contributed by atoms with van der Waals surface area (Å²) in [6.45, 7) is 1.93. The molecule has 0 aromatic carbocycles. The Labute approximate surface area is 112 Å². The second kappa shape index (κ2) is 3.81. The molecule has 18 heavy (non-hydrogen) atoms. The molecular formula is C11H11BrN6. The molecule has 0 radical (unpaired) electrons. The second-order valence-corrected chi connectivity index (χ2v) is 4.99. The van der Waals surface area contributed by atoms with E-state index in [0.29, 0.717) is 5.95 Å². The first-order chi connectivity index (χ1) is 8.56. The molecule has 0 spiro atoms. The average molecular weight is 307 g/mol. The van der Waals surface area contributed by atoms with Gasteiger partial charge in [-0.15, -0.1) is 0 Å². The SMILES string of the molecule is Cc1nn(C)cc1-n1c(N)nc2cc(Br)cnc21. The highest BCUT2D eigenvalue weighted by atomic mass is 79.9. The van der Waals surface area contributed by atoms with E-state index in [1.54, 1.807) is 10.9 Å². The minimum Gasteiger partial charge on any atom is -0.369 e. The number of halogens is 1. The molecule has 0 fully saturated rings. The minimum atomic E-state index is 0.409. The van der Waals surface area contributed by atoms with Crippen LogP contribution in [0.25, 0.3) is 16.9 Å². The van der Waals surface area contributed by atoms with Gasteiger partial charge in [-0.25, -0.2) is 9.97 Å². The molecule has 0 unspecified atom stereocenters. The summed E-state index contributed by atoms with van der Waals surface area (Å²) in [5.41, 5.74) is 9.23. The number of anilines is 1. The molecule has 7 heteroatoms. The van der Waals surface area contributed by atoms with Crippen molar-refractivity contribution in [2.75, 3.05) is 5.73 Å². The quantitative estimate of drug-likeness (QED) is 0.744. The van der Waals surface area contributed by atoms with Crippen LogP contribution in [0, 0.1) is 6.92 Å². The third kappa shape index (κ3) is 1.59. The van der Waals surface area contributed by atoms with Crippen LogP contribution in [0.4, 0.5) is 5.95 Å². The fourth-order valence-electron chi connectivity index (χ4n) is 2.00. The fourth-order valence-corrected chi connectivity index (χ4v) is 2.32. The van der Waals surface area contributed by atoms with Gasteiger partial charge in [0.1, 0.15) is 5.52 Å². The first kappa shape index (κ1) is 11.2. The average Bonchev–Trinajstić information content (AvgIpc) is 2.77. The third-order valence-electron chi connectivity index (χ3n) is 2.72. The van der Waals surface area contributed by atoms with Crippen LogP contribution in [0.3, 0.4) is 0 Å². The molecule has 0 aliphatic rings. The number of pyridine rings is 1. The van der Waals surface area contributed by atoms with Gasteiger partial charge in [-0.05, 0) is 28.9 Å². The van der Waals surface area contributed by atoms with E-state index in [1.165, 1.54) is 0 Å². The number of nitrogen functional groups attached to an aromatic ring is 1. The lowest BCUT2D eigenvalue weighted by Crippen LogP contribution is -2.01. The van der Waals surface area contributed by atoms with E-state index in [-0.39, 0.29) is 0 Å². The smallest absolute Gasteiger partial charge is 0.207 e. The molecule has 6 nitrogen and oxygen atoms in total. The van der Waals surface area contributed by atoms with Gasteiger partial charge in [0, 0.05) is 23.9 Å². The van der Waals surface area contributed by atoms with Crippen molar-refractivity contribution in [2.45, 2.75) is 6.92 Å². The summed E-state index contributed by atoms with van der Waals surface area (Å²) in [6.07, 6.45) is 3.63.